The van der Waals surface area contributed by atoms with Gasteiger partial charge >= 0.3 is 0 Å². The van der Waals surface area contributed by atoms with Crippen LogP contribution in [0, 0.1) is 0 Å². The van der Waals surface area contributed by atoms with Crippen molar-refractivity contribution < 1.29 is 9.90 Å². The molecule has 2 aromatic rings. The number of rotatable bonds is 3. The van der Waals surface area contributed by atoms with Crippen LogP contribution in [-0.4, -0.2) is 40.1 Å². The summed E-state index contributed by atoms with van der Waals surface area (Å²) in [6, 6.07) is 10.1. The smallest absolute Gasteiger partial charge is 0.225 e. The Kier molecular flexibility index (Phi) is 3.17. The Morgan fingerprint density at radius 2 is 2.16 bits per heavy atom. The van der Waals surface area contributed by atoms with E-state index in [1.165, 1.54) is 5.39 Å². The molecule has 0 spiro atoms. The van der Waals surface area contributed by atoms with Gasteiger partial charge < -0.3 is 10.0 Å². The van der Waals surface area contributed by atoms with E-state index < -0.39 is 6.10 Å². The second-order valence-corrected chi connectivity index (χ2v) is 4.93. The van der Waals surface area contributed by atoms with Crippen LogP contribution in [0.3, 0.4) is 0 Å². The standard InChI is InChI=1S/C15H16N2O2/c18-12-9-15(19)17(10-12)8-6-14-13-4-2-1-3-11(13)5-7-16-14/h1-5,7,12,18H,6,8-10H2. The van der Waals surface area contributed by atoms with Crippen LogP contribution >= 0.6 is 0 Å². The van der Waals surface area contributed by atoms with E-state index in [0.29, 0.717) is 13.1 Å². The van der Waals surface area contributed by atoms with Crippen molar-refractivity contribution in [3.63, 3.8) is 0 Å². The molecule has 3 rings (SSSR count). The lowest BCUT2D eigenvalue weighted by Crippen LogP contribution is -2.28. The maximum atomic E-state index is 11.6. The molecule has 1 aliphatic heterocycles. The van der Waals surface area contributed by atoms with Gasteiger partial charge in [0.05, 0.1) is 12.5 Å². The molecule has 0 saturated carbocycles. The summed E-state index contributed by atoms with van der Waals surface area (Å²) in [6.07, 6.45) is 2.27. The summed E-state index contributed by atoms with van der Waals surface area (Å²) < 4.78 is 0. The van der Waals surface area contributed by atoms with Crippen molar-refractivity contribution in [1.82, 2.24) is 9.88 Å². The van der Waals surface area contributed by atoms with E-state index in [1.54, 1.807) is 11.1 Å². The summed E-state index contributed by atoms with van der Waals surface area (Å²) in [5, 5.41) is 11.8. The Labute approximate surface area is 111 Å². The number of pyridine rings is 1. The zero-order valence-corrected chi connectivity index (χ0v) is 10.6. The fourth-order valence-electron chi connectivity index (χ4n) is 2.59. The number of amides is 1. The molecule has 0 aliphatic carbocycles. The monoisotopic (exact) mass is 256 g/mol. The minimum atomic E-state index is -0.507. The van der Waals surface area contributed by atoms with Gasteiger partial charge in [-0.3, -0.25) is 9.78 Å². The van der Waals surface area contributed by atoms with Gasteiger partial charge in [-0.25, -0.2) is 0 Å². The van der Waals surface area contributed by atoms with E-state index in [4.69, 9.17) is 0 Å². The third kappa shape index (κ3) is 2.44. The molecule has 0 radical (unpaired) electrons. The molecule has 4 heteroatoms. The van der Waals surface area contributed by atoms with Gasteiger partial charge in [-0.05, 0) is 11.5 Å². The van der Waals surface area contributed by atoms with Gasteiger partial charge in [0.25, 0.3) is 0 Å². The van der Waals surface area contributed by atoms with Crippen molar-refractivity contribution >= 4 is 16.7 Å². The summed E-state index contributed by atoms with van der Waals surface area (Å²) in [5.74, 6) is 0.0349. The predicted molar refractivity (Wildman–Crippen MR) is 72.7 cm³/mol. The Morgan fingerprint density at radius 1 is 1.32 bits per heavy atom. The number of aliphatic hydroxyl groups excluding tert-OH is 1. The highest BCUT2D eigenvalue weighted by Crippen LogP contribution is 2.18. The normalized spacial score (nSPS) is 19.3. The molecule has 1 atom stereocenters. The first-order valence-electron chi connectivity index (χ1n) is 6.52. The maximum Gasteiger partial charge on any atom is 0.225 e. The average molecular weight is 256 g/mol. The molecule has 19 heavy (non-hydrogen) atoms. The number of carbonyl (C=O) groups is 1. The van der Waals surface area contributed by atoms with Gasteiger partial charge in [-0.1, -0.05) is 24.3 Å². The van der Waals surface area contributed by atoms with Crippen molar-refractivity contribution in [3.8, 4) is 0 Å². The van der Waals surface area contributed by atoms with E-state index in [1.807, 2.05) is 18.2 Å². The van der Waals surface area contributed by atoms with Gasteiger partial charge in [0.2, 0.25) is 5.91 Å². The molecule has 1 aromatic heterocycles. The zero-order valence-electron chi connectivity index (χ0n) is 10.6. The Hall–Kier alpha value is -1.94. The molecular weight excluding hydrogens is 240 g/mol. The first kappa shape index (κ1) is 12.1. The lowest BCUT2D eigenvalue weighted by Gasteiger charge is -2.15. The number of likely N-dealkylation sites (tertiary alicyclic amines) is 1. The molecule has 1 fully saturated rings. The van der Waals surface area contributed by atoms with Crippen LogP contribution in [0.2, 0.25) is 0 Å². The summed E-state index contributed by atoms with van der Waals surface area (Å²) in [4.78, 5) is 17.7. The number of nitrogens with zero attached hydrogens (tertiary/aromatic N) is 2. The van der Waals surface area contributed by atoms with Crippen LogP contribution in [-0.2, 0) is 11.2 Å². The van der Waals surface area contributed by atoms with Gasteiger partial charge in [-0.15, -0.1) is 0 Å². The van der Waals surface area contributed by atoms with E-state index in [-0.39, 0.29) is 12.3 Å². The van der Waals surface area contributed by atoms with E-state index in [2.05, 4.69) is 17.1 Å². The van der Waals surface area contributed by atoms with Crippen LogP contribution in [0.4, 0.5) is 0 Å². The lowest BCUT2D eigenvalue weighted by atomic mass is 10.1. The molecule has 1 aromatic carbocycles. The molecule has 1 aliphatic rings. The quantitative estimate of drug-likeness (QED) is 0.902. The van der Waals surface area contributed by atoms with Gasteiger partial charge in [0.1, 0.15) is 0 Å². The topological polar surface area (TPSA) is 53.4 Å². The highest BCUT2D eigenvalue weighted by molar-refractivity contribution is 5.84. The second-order valence-electron chi connectivity index (χ2n) is 4.93. The van der Waals surface area contributed by atoms with E-state index in [9.17, 15) is 9.90 Å². The summed E-state index contributed by atoms with van der Waals surface area (Å²) in [7, 11) is 0. The van der Waals surface area contributed by atoms with Crippen LogP contribution in [0.1, 0.15) is 12.1 Å². The molecule has 2 heterocycles. The Bertz CT molecular complexity index is 607. The van der Waals surface area contributed by atoms with Gasteiger partial charge in [-0.2, -0.15) is 0 Å². The molecule has 4 nitrogen and oxygen atoms in total. The summed E-state index contributed by atoms with van der Waals surface area (Å²) >= 11 is 0. The summed E-state index contributed by atoms with van der Waals surface area (Å²) in [6.45, 7) is 1.07. The predicted octanol–water partition coefficient (Wildman–Crippen LogP) is 1.37. The zero-order chi connectivity index (χ0) is 13.2. The highest BCUT2D eigenvalue weighted by atomic mass is 16.3. The molecule has 1 unspecified atom stereocenters. The number of benzene rings is 1. The average Bonchev–Trinajstić information content (AvgIpc) is 2.74. The second kappa shape index (κ2) is 4.97. The molecule has 1 amide bonds. The van der Waals surface area contributed by atoms with E-state index >= 15 is 0 Å². The molecular formula is C15H16N2O2. The summed E-state index contributed by atoms with van der Waals surface area (Å²) in [5.41, 5.74) is 1.01. The molecule has 1 saturated heterocycles. The number of β-amino-alcohol motifs (C(OH)–C–C–N with tert-alkyl or cyclic N) is 1. The maximum absolute atomic E-state index is 11.6. The van der Waals surface area contributed by atoms with Crippen LogP contribution in [0.25, 0.3) is 10.8 Å². The van der Waals surface area contributed by atoms with Crippen molar-refractivity contribution in [2.45, 2.75) is 18.9 Å². The minimum absolute atomic E-state index is 0.0349. The number of aromatic nitrogens is 1. The SMILES string of the molecule is O=C1CC(O)CN1CCc1nccc2ccccc12. The number of fused-ring (bicyclic) bond motifs is 1. The van der Waals surface area contributed by atoms with Crippen molar-refractivity contribution in [1.29, 1.82) is 0 Å². The molecule has 98 valence electrons. The minimum Gasteiger partial charge on any atom is -0.391 e. The van der Waals surface area contributed by atoms with Crippen LogP contribution in [0.5, 0.6) is 0 Å². The first-order chi connectivity index (χ1) is 9.24. The Balaban J connectivity index is 1.77. The van der Waals surface area contributed by atoms with Crippen molar-refractivity contribution in [2.75, 3.05) is 13.1 Å². The number of hydrogen-bond acceptors (Lipinski definition) is 3. The number of carbonyl (C=O) groups excluding carboxylic acids is 1. The largest absolute Gasteiger partial charge is 0.391 e. The number of aliphatic hydroxyl groups is 1. The van der Waals surface area contributed by atoms with Gasteiger partial charge in [0, 0.05) is 36.8 Å². The van der Waals surface area contributed by atoms with Crippen molar-refractivity contribution in [2.24, 2.45) is 0 Å². The van der Waals surface area contributed by atoms with Crippen molar-refractivity contribution in [3.05, 3.63) is 42.2 Å². The third-order valence-corrected chi connectivity index (χ3v) is 3.57. The fraction of sp³-hybridized carbons (Fsp3) is 0.333. The molecule has 0 bridgehead atoms. The Morgan fingerprint density at radius 3 is 2.95 bits per heavy atom. The first-order valence-corrected chi connectivity index (χ1v) is 6.52. The highest BCUT2D eigenvalue weighted by Gasteiger charge is 2.27. The van der Waals surface area contributed by atoms with E-state index in [0.717, 1.165) is 17.5 Å². The van der Waals surface area contributed by atoms with Crippen LogP contribution in [0.15, 0.2) is 36.5 Å². The fourth-order valence-corrected chi connectivity index (χ4v) is 2.59. The number of hydrogen-bond donors (Lipinski definition) is 1. The van der Waals surface area contributed by atoms with Gasteiger partial charge in [0.15, 0.2) is 0 Å². The molecule has 1 N–H and O–H groups in total. The van der Waals surface area contributed by atoms with Crippen LogP contribution < -0.4 is 0 Å². The third-order valence-electron chi connectivity index (χ3n) is 3.57. The lowest BCUT2D eigenvalue weighted by molar-refractivity contribution is -0.127.